The van der Waals surface area contributed by atoms with Crippen molar-refractivity contribution >= 4 is 22.1 Å². The molecule has 5 saturated carbocycles. The molecule has 2 unspecified atom stereocenters. The fraction of sp³-hybridized carbons (Fsp3) is 0.893. The molecule has 12 heteroatoms. The minimum Gasteiger partial charge on any atom is -0.444 e. The maximum absolute atomic E-state index is 14.3. The minimum atomic E-state index is -3.50. The number of hydrogen-bond donors (Lipinski definition) is 1. The molecule has 6 atom stereocenters. The normalized spacial score (nSPS) is 36.6. The van der Waals surface area contributed by atoms with E-state index in [0.29, 0.717) is 43.8 Å². The average Bonchev–Trinajstić information content (AvgIpc) is 3.48. The lowest BCUT2D eigenvalue weighted by atomic mass is 9.46. The van der Waals surface area contributed by atoms with Crippen molar-refractivity contribution in [2.45, 2.75) is 101 Å². The van der Waals surface area contributed by atoms with E-state index >= 15 is 0 Å². The summed E-state index contributed by atoms with van der Waals surface area (Å²) < 4.78 is 44.6. The lowest BCUT2D eigenvalue weighted by molar-refractivity contribution is -0.206. The van der Waals surface area contributed by atoms with Crippen LogP contribution < -0.4 is 5.32 Å². The number of nitrogens with one attached hydrogen (secondary N) is 1. The number of rotatable bonds is 11. The second-order valence-corrected chi connectivity index (χ2v) is 15.4. The third-order valence-corrected chi connectivity index (χ3v) is 9.84. The first-order valence-corrected chi connectivity index (χ1v) is 16.3. The van der Waals surface area contributed by atoms with E-state index in [0.717, 1.165) is 44.8 Å². The summed E-state index contributed by atoms with van der Waals surface area (Å²) in [6, 6.07) is 1.17. The van der Waals surface area contributed by atoms with Gasteiger partial charge in [0.1, 0.15) is 17.7 Å². The van der Waals surface area contributed by atoms with Gasteiger partial charge in [-0.15, -0.1) is 0 Å². The summed E-state index contributed by atoms with van der Waals surface area (Å²) in [6.07, 6.45) is 7.23. The first-order valence-electron chi connectivity index (χ1n) is 14.5. The second-order valence-electron chi connectivity index (χ2n) is 13.8. The van der Waals surface area contributed by atoms with Gasteiger partial charge in [-0.2, -0.15) is 13.7 Å². The van der Waals surface area contributed by atoms with E-state index in [1.165, 1.54) is 0 Å². The Labute approximate surface area is 237 Å². The van der Waals surface area contributed by atoms with Crippen LogP contribution in [-0.2, 0) is 33.3 Å². The lowest BCUT2D eigenvalue weighted by Gasteiger charge is -2.63. The molecule has 4 bridgehead atoms. The van der Waals surface area contributed by atoms with Crippen molar-refractivity contribution in [1.82, 2.24) is 10.2 Å². The van der Waals surface area contributed by atoms with Gasteiger partial charge in [0.25, 0.3) is 10.1 Å². The third-order valence-electron chi connectivity index (χ3n) is 9.24. The fourth-order valence-corrected chi connectivity index (χ4v) is 8.73. The zero-order chi connectivity index (χ0) is 28.9. The summed E-state index contributed by atoms with van der Waals surface area (Å²) in [4.78, 5) is 29.1. The molecule has 0 spiro atoms. The van der Waals surface area contributed by atoms with Gasteiger partial charge in [0, 0.05) is 11.5 Å². The van der Waals surface area contributed by atoms with E-state index < -0.39 is 44.9 Å². The molecule has 1 heterocycles. The summed E-state index contributed by atoms with van der Waals surface area (Å²) in [5, 5.41) is 12.8. The highest BCUT2D eigenvalue weighted by atomic mass is 32.2. The summed E-state index contributed by atoms with van der Waals surface area (Å²) >= 11 is 0. The smallest absolute Gasteiger partial charge is 0.408 e. The first kappa shape index (κ1) is 29.5. The number of ether oxygens (including phenoxy) is 3. The van der Waals surface area contributed by atoms with Crippen molar-refractivity contribution in [3.8, 4) is 6.07 Å². The van der Waals surface area contributed by atoms with Gasteiger partial charge < -0.3 is 24.4 Å². The number of alkyl carbamates (subject to hydrolysis) is 1. The highest BCUT2D eigenvalue weighted by Gasteiger charge is 2.64. The molecule has 5 aliphatic carbocycles. The SMILES string of the molecule is CC(C)(C)OC(=O)N[C@H](C(=O)N1[C@H](C#N)C[C@@H]2C[C@@H]21)C12CC3CC(CC(OCCOCCOS(C)(=O)=O)(C3)C1)C2. The molecule has 6 aliphatic rings. The van der Waals surface area contributed by atoms with E-state index in [4.69, 9.17) is 18.4 Å². The Morgan fingerprint density at radius 3 is 2.35 bits per heavy atom. The maximum Gasteiger partial charge on any atom is 0.408 e. The monoisotopic (exact) mass is 581 g/mol. The number of likely N-dealkylation sites (tertiary alicyclic amines) is 1. The number of carbonyl (C=O) groups excluding carboxylic acids is 2. The van der Waals surface area contributed by atoms with Crippen molar-refractivity contribution in [3.63, 3.8) is 0 Å². The molecule has 11 nitrogen and oxygen atoms in total. The molecule has 6 fully saturated rings. The van der Waals surface area contributed by atoms with Crippen LogP contribution in [-0.4, -0.2) is 87.3 Å². The molecule has 40 heavy (non-hydrogen) atoms. The molecular formula is C28H43N3O8S. The quantitative estimate of drug-likeness (QED) is 0.288. The van der Waals surface area contributed by atoms with Crippen LogP contribution in [0.1, 0.15) is 72.1 Å². The molecule has 1 aliphatic heterocycles. The molecule has 1 saturated heterocycles. The van der Waals surface area contributed by atoms with Gasteiger partial charge in [-0.25, -0.2) is 4.79 Å². The predicted molar refractivity (Wildman–Crippen MR) is 143 cm³/mol. The van der Waals surface area contributed by atoms with Crippen molar-refractivity contribution in [1.29, 1.82) is 5.26 Å². The first-order chi connectivity index (χ1) is 18.7. The van der Waals surface area contributed by atoms with E-state index in [9.17, 15) is 23.3 Å². The summed E-state index contributed by atoms with van der Waals surface area (Å²) in [5.74, 6) is 0.999. The number of fused-ring (bicyclic) bond motifs is 1. The molecule has 2 amide bonds. The number of piperidine rings is 1. The summed E-state index contributed by atoms with van der Waals surface area (Å²) in [5.41, 5.74) is -1.60. The van der Waals surface area contributed by atoms with Gasteiger partial charge in [0.15, 0.2) is 0 Å². The van der Waals surface area contributed by atoms with Crippen molar-refractivity contribution in [2.75, 3.05) is 32.7 Å². The van der Waals surface area contributed by atoms with Crippen LogP contribution in [0.25, 0.3) is 0 Å². The number of amides is 2. The molecule has 0 aromatic carbocycles. The third kappa shape index (κ3) is 6.42. The summed E-state index contributed by atoms with van der Waals surface area (Å²) in [7, 11) is -3.50. The Morgan fingerprint density at radius 1 is 1.05 bits per heavy atom. The van der Waals surface area contributed by atoms with Gasteiger partial charge in [0.05, 0.1) is 44.4 Å². The molecule has 1 N–H and O–H groups in total. The van der Waals surface area contributed by atoms with Gasteiger partial charge in [-0.1, -0.05) is 0 Å². The Morgan fingerprint density at radius 2 is 1.73 bits per heavy atom. The van der Waals surface area contributed by atoms with Crippen molar-refractivity contribution < 1.29 is 36.4 Å². The molecule has 0 aromatic rings. The topological polar surface area (TPSA) is 144 Å². The predicted octanol–water partition coefficient (Wildman–Crippen LogP) is 2.74. The summed E-state index contributed by atoms with van der Waals surface area (Å²) in [6.45, 7) is 6.15. The van der Waals surface area contributed by atoms with Gasteiger partial charge in [-0.05, 0) is 89.9 Å². The van der Waals surface area contributed by atoms with Crippen LogP contribution >= 0.6 is 0 Å². The van der Waals surface area contributed by atoms with E-state index in [-0.39, 0.29) is 25.2 Å². The minimum absolute atomic E-state index is 0.0423. The highest BCUT2D eigenvalue weighted by molar-refractivity contribution is 7.85. The molecule has 0 radical (unpaired) electrons. The number of nitriles is 1. The van der Waals surface area contributed by atoms with E-state index in [1.54, 1.807) is 25.7 Å². The van der Waals surface area contributed by atoms with Crippen LogP contribution in [0.15, 0.2) is 0 Å². The van der Waals surface area contributed by atoms with Crippen LogP contribution in [0.3, 0.4) is 0 Å². The van der Waals surface area contributed by atoms with Gasteiger partial charge in [-0.3, -0.25) is 8.98 Å². The molecule has 224 valence electrons. The van der Waals surface area contributed by atoms with Gasteiger partial charge in [0.2, 0.25) is 5.91 Å². The van der Waals surface area contributed by atoms with Crippen molar-refractivity contribution in [2.24, 2.45) is 23.2 Å². The van der Waals surface area contributed by atoms with Crippen LogP contribution in [0.2, 0.25) is 0 Å². The number of nitrogens with zero attached hydrogens (tertiary/aromatic N) is 2. The van der Waals surface area contributed by atoms with Gasteiger partial charge >= 0.3 is 6.09 Å². The Bertz CT molecular complexity index is 1130. The van der Waals surface area contributed by atoms with Crippen molar-refractivity contribution in [3.05, 3.63) is 0 Å². The van der Waals surface area contributed by atoms with E-state index in [1.807, 2.05) is 0 Å². The fourth-order valence-electron chi connectivity index (χ4n) is 8.36. The van der Waals surface area contributed by atoms with Crippen LogP contribution in [0, 0.1) is 34.5 Å². The Balaban J connectivity index is 1.31. The Kier molecular flexibility index (Phi) is 7.92. The number of hydrogen-bond acceptors (Lipinski definition) is 9. The second kappa shape index (κ2) is 10.7. The van der Waals surface area contributed by atoms with Crippen LogP contribution in [0.4, 0.5) is 4.79 Å². The highest BCUT2D eigenvalue weighted by Crippen LogP contribution is 2.64. The Hall–Kier alpha value is -1.94. The lowest BCUT2D eigenvalue weighted by Crippen LogP contribution is -2.67. The largest absolute Gasteiger partial charge is 0.444 e. The number of carbonyl (C=O) groups is 2. The zero-order valence-corrected chi connectivity index (χ0v) is 24.8. The average molecular weight is 582 g/mol. The maximum atomic E-state index is 14.3. The van der Waals surface area contributed by atoms with Crippen LogP contribution in [0.5, 0.6) is 0 Å². The molecule has 6 rings (SSSR count). The molecule has 0 aromatic heterocycles. The standard InChI is InChI=1S/C28H43N3O8S/c1-26(2,3)39-25(33)30-23(24(32)31-21(16-29)10-20-11-22(20)31)27-12-18-9-19(13-27)15-28(14-18,17-27)37-7-5-36-6-8-38-40(4,34)35/h18-23H,5-15,17H2,1-4H3,(H,30,33)/t18?,19?,20-,21+,22+,23-,27?,28?/m1/s1. The zero-order valence-electron chi connectivity index (χ0n) is 24.0. The van der Waals surface area contributed by atoms with E-state index in [2.05, 4.69) is 11.4 Å². The molecular weight excluding hydrogens is 538 g/mol.